The predicted octanol–water partition coefficient (Wildman–Crippen LogP) is 3.07. The quantitative estimate of drug-likeness (QED) is 0.947. The van der Waals surface area contributed by atoms with E-state index in [1.807, 2.05) is 0 Å². The van der Waals surface area contributed by atoms with Crippen LogP contribution in [0.4, 0.5) is 4.39 Å². The third-order valence-electron chi connectivity index (χ3n) is 2.53. The molecule has 5 heteroatoms. The molecule has 1 N–H and O–H groups in total. The van der Waals surface area contributed by atoms with E-state index >= 15 is 0 Å². The summed E-state index contributed by atoms with van der Waals surface area (Å²) in [4.78, 5) is 3.96. The first-order valence-electron chi connectivity index (χ1n) is 5.24. The maximum atomic E-state index is 13.5. The lowest BCUT2D eigenvalue weighted by Crippen LogP contribution is -2.01. The molecule has 1 atom stereocenters. The van der Waals surface area contributed by atoms with E-state index in [0.29, 0.717) is 11.1 Å². The molecule has 1 aromatic heterocycles. The van der Waals surface area contributed by atoms with Crippen molar-refractivity contribution in [2.75, 3.05) is 7.11 Å². The van der Waals surface area contributed by atoms with Crippen molar-refractivity contribution >= 4 is 15.9 Å². The van der Waals surface area contributed by atoms with Gasteiger partial charge in [0, 0.05) is 22.4 Å². The first kappa shape index (κ1) is 13.0. The average Bonchev–Trinajstić information content (AvgIpc) is 2.37. The Morgan fingerprint density at radius 1 is 1.28 bits per heavy atom. The number of pyridine rings is 1. The van der Waals surface area contributed by atoms with Gasteiger partial charge in [-0.1, -0.05) is 6.07 Å². The highest BCUT2D eigenvalue weighted by molar-refractivity contribution is 9.10. The summed E-state index contributed by atoms with van der Waals surface area (Å²) in [6.45, 7) is 0. The van der Waals surface area contributed by atoms with Gasteiger partial charge in [0.15, 0.2) is 11.6 Å². The maximum absolute atomic E-state index is 13.5. The predicted molar refractivity (Wildman–Crippen MR) is 69.0 cm³/mol. The van der Waals surface area contributed by atoms with Crippen LogP contribution < -0.4 is 4.74 Å². The van der Waals surface area contributed by atoms with Crippen LogP contribution in [0, 0.1) is 5.82 Å². The summed E-state index contributed by atoms with van der Waals surface area (Å²) >= 11 is 3.27. The molecule has 0 bridgehead atoms. The third-order valence-corrected chi connectivity index (χ3v) is 2.97. The number of methoxy groups -OCH3 is 1. The number of ether oxygens (including phenoxy) is 1. The fourth-order valence-electron chi connectivity index (χ4n) is 1.62. The highest BCUT2D eigenvalue weighted by Crippen LogP contribution is 2.27. The minimum Gasteiger partial charge on any atom is -0.494 e. The van der Waals surface area contributed by atoms with E-state index in [9.17, 15) is 9.50 Å². The second kappa shape index (κ2) is 5.46. The van der Waals surface area contributed by atoms with Gasteiger partial charge in [0.1, 0.15) is 6.10 Å². The van der Waals surface area contributed by atoms with Crippen LogP contribution in [0.5, 0.6) is 5.75 Å². The number of aromatic nitrogens is 1. The molecule has 0 saturated carbocycles. The Morgan fingerprint density at radius 2 is 2.06 bits per heavy atom. The van der Waals surface area contributed by atoms with Gasteiger partial charge in [-0.3, -0.25) is 4.98 Å². The van der Waals surface area contributed by atoms with Gasteiger partial charge in [-0.2, -0.15) is 0 Å². The van der Waals surface area contributed by atoms with Crippen molar-refractivity contribution in [2.24, 2.45) is 0 Å². The largest absolute Gasteiger partial charge is 0.494 e. The minimum absolute atomic E-state index is 0.151. The molecule has 1 aromatic carbocycles. The molecule has 0 aliphatic rings. The van der Waals surface area contributed by atoms with Gasteiger partial charge in [0.2, 0.25) is 0 Å². The molecular weight excluding hydrogens is 301 g/mol. The summed E-state index contributed by atoms with van der Waals surface area (Å²) in [5.41, 5.74) is 1.04. The normalized spacial score (nSPS) is 12.2. The third kappa shape index (κ3) is 2.68. The number of aliphatic hydroxyl groups is 1. The zero-order valence-corrected chi connectivity index (χ0v) is 11.2. The van der Waals surface area contributed by atoms with Gasteiger partial charge in [-0.05, 0) is 39.7 Å². The SMILES string of the molecule is COc1ccc(C(O)c2cncc(Br)c2)cc1F. The molecule has 3 nitrogen and oxygen atoms in total. The molecule has 0 aliphatic heterocycles. The fourth-order valence-corrected chi connectivity index (χ4v) is 2.01. The van der Waals surface area contributed by atoms with Crippen LogP contribution in [-0.4, -0.2) is 17.2 Å². The molecule has 0 fully saturated rings. The molecule has 1 heterocycles. The van der Waals surface area contributed by atoms with Crippen molar-refractivity contribution in [1.82, 2.24) is 4.98 Å². The number of rotatable bonds is 3. The molecule has 94 valence electrons. The van der Waals surface area contributed by atoms with E-state index in [2.05, 4.69) is 20.9 Å². The monoisotopic (exact) mass is 311 g/mol. The van der Waals surface area contributed by atoms with Crippen molar-refractivity contribution in [3.8, 4) is 5.75 Å². The van der Waals surface area contributed by atoms with E-state index < -0.39 is 11.9 Å². The van der Waals surface area contributed by atoms with Crippen molar-refractivity contribution in [3.63, 3.8) is 0 Å². The molecule has 0 saturated heterocycles. The highest BCUT2D eigenvalue weighted by atomic mass is 79.9. The second-order valence-electron chi connectivity index (χ2n) is 3.73. The lowest BCUT2D eigenvalue weighted by atomic mass is 10.0. The van der Waals surface area contributed by atoms with Crippen LogP contribution in [0.3, 0.4) is 0 Å². The fraction of sp³-hybridized carbons (Fsp3) is 0.154. The summed E-state index contributed by atoms with van der Waals surface area (Å²) in [6, 6.07) is 6.09. The van der Waals surface area contributed by atoms with E-state index in [0.717, 1.165) is 4.47 Å². The zero-order valence-electron chi connectivity index (χ0n) is 9.60. The Bertz CT molecular complexity index is 562. The van der Waals surface area contributed by atoms with Crippen molar-refractivity contribution in [2.45, 2.75) is 6.10 Å². The molecular formula is C13H11BrFNO2. The number of halogens is 2. The van der Waals surface area contributed by atoms with E-state index in [1.54, 1.807) is 18.3 Å². The topological polar surface area (TPSA) is 42.4 Å². The highest BCUT2D eigenvalue weighted by Gasteiger charge is 2.13. The van der Waals surface area contributed by atoms with Gasteiger partial charge >= 0.3 is 0 Å². The second-order valence-corrected chi connectivity index (χ2v) is 4.65. The van der Waals surface area contributed by atoms with E-state index in [4.69, 9.17) is 4.74 Å². The number of nitrogens with zero attached hydrogens (tertiary/aromatic N) is 1. The summed E-state index contributed by atoms with van der Waals surface area (Å²) < 4.78 is 19.1. The summed E-state index contributed by atoms with van der Waals surface area (Å²) in [6.07, 6.45) is 2.23. The number of hydrogen-bond acceptors (Lipinski definition) is 3. The summed E-state index contributed by atoms with van der Waals surface area (Å²) in [7, 11) is 1.40. The Morgan fingerprint density at radius 3 is 2.67 bits per heavy atom. The van der Waals surface area contributed by atoms with E-state index in [-0.39, 0.29) is 5.75 Å². The number of hydrogen-bond donors (Lipinski definition) is 1. The first-order chi connectivity index (χ1) is 8.61. The van der Waals surface area contributed by atoms with Gasteiger partial charge in [0.05, 0.1) is 7.11 Å². The van der Waals surface area contributed by atoms with Gasteiger partial charge in [-0.15, -0.1) is 0 Å². The van der Waals surface area contributed by atoms with Crippen LogP contribution in [0.2, 0.25) is 0 Å². The molecule has 0 radical (unpaired) electrons. The Kier molecular flexibility index (Phi) is 3.93. The summed E-state index contributed by atoms with van der Waals surface area (Å²) in [5, 5.41) is 10.1. The van der Waals surface area contributed by atoms with Crippen molar-refractivity contribution in [1.29, 1.82) is 0 Å². The zero-order chi connectivity index (χ0) is 13.1. The van der Waals surface area contributed by atoms with Gasteiger partial charge in [-0.25, -0.2) is 4.39 Å². The van der Waals surface area contributed by atoms with Gasteiger partial charge < -0.3 is 9.84 Å². The summed E-state index contributed by atoms with van der Waals surface area (Å²) in [5.74, 6) is -0.352. The molecule has 2 aromatic rings. The Balaban J connectivity index is 2.34. The number of aliphatic hydroxyl groups excluding tert-OH is 1. The van der Waals surface area contributed by atoms with Crippen LogP contribution in [0.1, 0.15) is 17.2 Å². The van der Waals surface area contributed by atoms with Gasteiger partial charge in [0.25, 0.3) is 0 Å². The van der Waals surface area contributed by atoms with Crippen molar-refractivity contribution < 1.29 is 14.2 Å². The Labute approximate surface area is 112 Å². The molecule has 2 rings (SSSR count). The van der Waals surface area contributed by atoms with Crippen LogP contribution in [-0.2, 0) is 0 Å². The smallest absolute Gasteiger partial charge is 0.165 e. The average molecular weight is 312 g/mol. The maximum Gasteiger partial charge on any atom is 0.165 e. The molecule has 1 unspecified atom stereocenters. The van der Waals surface area contributed by atoms with E-state index in [1.165, 1.54) is 25.4 Å². The van der Waals surface area contributed by atoms with Crippen LogP contribution in [0.15, 0.2) is 41.1 Å². The molecule has 0 amide bonds. The lowest BCUT2D eigenvalue weighted by molar-refractivity contribution is 0.219. The number of benzene rings is 1. The first-order valence-corrected chi connectivity index (χ1v) is 6.03. The van der Waals surface area contributed by atoms with Crippen molar-refractivity contribution in [3.05, 3.63) is 58.1 Å². The van der Waals surface area contributed by atoms with Crippen LogP contribution in [0.25, 0.3) is 0 Å². The molecule has 18 heavy (non-hydrogen) atoms. The standard InChI is InChI=1S/C13H11BrFNO2/c1-18-12-3-2-8(5-11(12)15)13(17)9-4-10(14)7-16-6-9/h2-7,13,17H,1H3. The molecule has 0 spiro atoms. The molecule has 0 aliphatic carbocycles. The lowest BCUT2D eigenvalue weighted by Gasteiger charge is -2.12. The Hall–Kier alpha value is -1.46. The minimum atomic E-state index is -0.921. The van der Waals surface area contributed by atoms with Crippen LogP contribution >= 0.6 is 15.9 Å².